The Morgan fingerprint density at radius 3 is 2.38 bits per heavy atom. The van der Waals surface area contributed by atoms with Gasteiger partial charge >= 0.3 is 6.36 Å². The lowest BCUT2D eigenvalue weighted by atomic mass is 10.0. The molecule has 2 aromatic carbocycles. The fraction of sp³-hybridized carbons (Fsp3) is 0.250. The summed E-state index contributed by atoms with van der Waals surface area (Å²) in [4.78, 5) is 0. The Balaban J connectivity index is 1.91. The molecule has 1 unspecified atom stereocenters. The van der Waals surface area contributed by atoms with Gasteiger partial charge in [0.25, 0.3) is 0 Å². The SMILES string of the molecule is CC(F)Cn1nnc2ccc(-c3ccc(OC(F)(F)F)cc3)cc21. The molecule has 0 aliphatic carbocycles. The highest BCUT2D eigenvalue weighted by Gasteiger charge is 2.30. The van der Waals surface area contributed by atoms with Crippen molar-refractivity contribution in [3.63, 3.8) is 0 Å². The second-order valence-electron chi connectivity index (χ2n) is 5.33. The Hall–Kier alpha value is -2.64. The van der Waals surface area contributed by atoms with Gasteiger partial charge in [0.2, 0.25) is 0 Å². The third kappa shape index (κ3) is 3.64. The highest BCUT2D eigenvalue weighted by atomic mass is 19.4. The molecule has 1 aromatic heterocycles. The summed E-state index contributed by atoms with van der Waals surface area (Å²) in [5.41, 5.74) is 2.74. The molecule has 0 saturated heterocycles. The number of benzene rings is 2. The minimum Gasteiger partial charge on any atom is -0.406 e. The number of nitrogens with zero attached hydrogens (tertiary/aromatic N) is 3. The fourth-order valence-corrected chi connectivity index (χ4v) is 2.37. The Morgan fingerprint density at radius 2 is 1.75 bits per heavy atom. The van der Waals surface area contributed by atoms with Crippen LogP contribution in [0.1, 0.15) is 6.92 Å². The highest BCUT2D eigenvalue weighted by molar-refractivity contribution is 5.81. The van der Waals surface area contributed by atoms with Crippen molar-refractivity contribution < 1.29 is 22.3 Å². The fourth-order valence-electron chi connectivity index (χ4n) is 2.37. The number of fused-ring (bicyclic) bond motifs is 1. The predicted octanol–water partition coefficient (Wildman–Crippen LogP) is 4.35. The van der Waals surface area contributed by atoms with Crippen molar-refractivity contribution >= 4 is 11.0 Å². The number of ether oxygens (including phenoxy) is 1. The minimum absolute atomic E-state index is 0.0817. The summed E-state index contributed by atoms with van der Waals surface area (Å²) in [7, 11) is 0. The normalized spacial score (nSPS) is 13.2. The van der Waals surface area contributed by atoms with Crippen LogP contribution in [0, 0.1) is 0 Å². The van der Waals surface area contributed by atoms with Gasteiger partial charge in [-0.2, -0.15) is 0 Å². The summed E-state index contributed by atoms with van der Waals surface area (Å²) < 4.78 is 55.1. The third-order valence-electron chi connectivity index (χ3n) is 3.36. The third-order valence-corrected chi connectivity index (χ3v) is 3.36. The van der Waals surface area contributed by atoms with E-state index in [0.29, 0.717) is 16.6 Å². The topological polar surface area (TPSA) is 39.9 Å². The molecule has 0 spiro atoms. The smallest absolute Gasteiger partial charge is 0.406 e. The Labute approximate surface area is 134 Å². The van der Waals surface area contributed by atoms with Gasteiger partial charge in [-0.1, -0.05) is 23.4 Å². The van der Waals surface area contributed by atoms with Gasteiger partial charge in [-0.05, 0) is 42.3 Å². The van der Waals surface area contributed by atoms with Gasteiger partial charge in [0.1, 0.15) is 17.4 Å². The molecule has 1 atom stereocenters. The van der Waals surface area contributed by atoms with Gasteiger partial charge in [-0.15, -0.1) is 18.3 Å². The second-order valence-corrected chi connectivity index (χ2v) is 5.33. The summed E-state index contributed by atoms with van der Waals surface area (Å²) >= 11 is 0. The van der Waals surface area contributed by atoms with E-state index in [2.05, 4.69) is 15.0 Å². The molecule has 1 heterocycles. The first-order valence-electron chi connectivity index (χ1n) is 7.15. The maximum absolute atomic E-state index is 13.2. The molecule has 0 fully saturated rings. The molecule has 0 bridgehead atoms. The van der Waals surface area contributed by atoms with Crippen molar-refractivity contribution in [1.82, 2.24) is 15.0 Å². The van der Waals surface area contributed by atoms with Crippen LogP contribution in [0.2, 0.25) is 0 Å². The molecule has 8 heteroatoms. The van der Waals surface area contributed by atoms with Crippen LogP contribution in [0.3, 0.4) is 0 Å². The first-order valence-corrected chi connectivity index (χ1v) is 7.15. The maximum atomic E-state index is 13.2. The molecule has 126 valence electrons. The summed E-state index contributed by atoms with van der Waals surface area (Å²) in [6.07, 6.45) is -5.79. The summed E-state index contributed by atoms with van der Waals surface area (Å²) in [5, 5.41) is 7.87. The number of aromatic nitrogens is 3. The van der Waals surface area contributed by atoms with Crippen molar-refractivity contribution in [2.45, 2.75) is 26.0 Å². The van der Waals surface area contributed by atoms with Crippen molar-refractivity contribution in [2.24, 2.45) is 0 Å². The lowest BCUT2D eigenvalue weighted by Crippen LogP contribution is -2.16. The van der Waals surface area contributed by atoms with Crippen molar-refractivity contribution in [3.05, 3.63) is 42.5 Å². The molecular formula is C16H13F4N3O. The average Bonchev–Trinajstić information content (AvgIpc) is 2.88. The number of hydrogen-bond donors (Lipinski definition) is 0. The Morgan fingerprint density at radius 1 is 1.08 bits per heavy atom. The van der Waals surface area contributed by atoms with Crippen LogP contribution in [-0.4, -0.2) is 27.5 Å². The lowest BCUT2D eigenvalue weighted by Gasteiger charge is -2.09. The van der Waals surface area contributed by atoms with E-state index in [1.807, 2.05) is 0 Å². The molecule has 0 aliphatic heterocycles. The van der Waals surface area contributed by atoms with E-state index in [9.17, 15) is 17.6 Å². The summed E-state index contributed by atoms with van der Waals surface area (Å²) in [6, 6.07) is 10.8. The van der Waals surface area contributed by atoms with Crippen molar-refractivity contribution in [1.29, 1.82) is 0 Å². The van der Waals surface area contributed by atoms with E-state index in [1.165, 1.54) is 35.9 Å². The molecule has 0 aliphatic rings. The average molecular weight is 339 g/mol. The van der Waals surface area contributed by atoms with E-state index in [0.717, 1.165) is 5.56 Å². The van der Waals surface area contributed by atoms with Crippen LogP contribution in [0.25, 0.3) is 22.2 Å². The largest absolute Gasteiger partial charge is 0.573 e. The van der Waals surface area contributed by atoms with Gasteiger partial charge in [0.05, 0.1) is 12.1 Å². The molecule has 0 amide bonds. The van der Waals surface area contributed by atoms with Gasteiger partial charge in [0.15, 0.2) is 0 Å². The second kappa shape index (κ2) is 6.10. The molecule has 3 aromatic rings. The molecule has 4 nitrogen and oxygen atoms in total. The van der Waals surface area contributed by atoms with E-state index in [-0.39, 0.29) is 12.3 Å². The summed E-state index contributed by atoms with van der Waals surface area (Å²) in [6.45, 7) is 1.51. The van der Waals surface area contributed by atoms with Crippen LogP contribution in [0.5, 0.6) is 5.75 Å². The van der Waals surface area contributed by atoms with Crippen molar-refractivity contribution in [2.75, 3.05) is 0 Å². The van der Waals surface area contributed by atoms with Crippen LogP contribution in [-0.2, 0) is 6.54 Å². The van der Waals surface area contributed by atoms with Gasteiger partial charge < -0.3 is 4.74 Å². The Bertz CT molecular complexity index is 841. The monoisotopic (exact) mass is 339 g/mol. The number of hydrogen-bond acceptors (Lipinski definition) is 3. The number of alkyl halides is 4. The standard InChI is InChI=1S/C16H13F4N3O/c1-10(17)9-23-15-8-12(4-7-14(15)21-22-23)11-2-5-13(6-3-11)24-16(18,19)20/h2-8,10H,9H2,1H3. The van der Waals surface area contributed by atoms with Gasteiger partial charge in [0, 0.05) is 0 Å². The first-order chi connectivity index (χ1) is 11.3. The molecular weight excluding hydrogens is 326 g/mol. The molecule has 0 radical (unpaired) electrons. The van der Waals surface area contributed by atoms with Crippen LogP contribution >= 0.6 is 0 Å². The Kier molecular flexibility index (Phi) is 4.13. The summed E-state index contributed by atoms with van der Waals surface area (Å²) in [5.74, 6) is -0.287. The van der Waals surface area contributed by atoms with Gasteiger partial charge in [-0.3, -0.25) is 0 Å². The zero-order valence-corrected chi connectivity index (χ0v) is 12.6. The predicted molar refractivity (Wildman–Crippen MR) is 80.2 cm³/mol. The first kappa shape index (κ1) is 16.2. The molecule has 24 heavy (non-hydrogen) atoms. The van der Waals surface area contributed by atoms with E-state index >= 15 is 0 Å². The van der Waals surface area contributed by atoms with Crippen LogP contribution in [0.15, 0.2) is 42.5 Å². The van der Waals surface area contributed by atoms with E-state index in [4.69, 9.17) is 0 Å². The van der Waals surface area contributed by atoms with Crippen LogP contribution < -0.4 is 4.74 Å². The molecule has 3 rings (SSSR count). The zero-order chi connectivity index (χ0) is 17.3. The number of halogens is 4. The number of rotatable bonds is 4. The van der Waals surface area contributed by atoms with Crippen molar-refractivity contribution in [3.8, 4) is 16.9 Å². The maximum Gasteiger partial charge on any atom is 0.573 e. The van der Waals surface area contributed by atoms with Gasteiger partial charge in [-0.25, -0.2) is 9.07 Å². The van der Waals surface area contributed by atoms with E-state index < -0.39 is 12.5 Å². The minimum atomic E-state index is -4.72. The quantitative estimate of drug-likeness (QED) is 0.663. The van der Waals surface area contributed by atoms with E-state index in [1.54, 1.807) is 18.2 Å². The van der Waals surface area contributed by atoms with Crippen LogP contribution in [0.4, 0.5) is 17.6 Å². The molecule has 0 saturated carbocycles. The highest BCUT2D eigenvalue weighted by Crippen LogP contribution is 2.28. The zero-order valence-electron chi connectivity index (χ0n) is 12.6. The lowest BCUT2D eigenvalue weighted by molar-refractivity contribution is -0.274. The molecule has 0 N–H and O–H groups in total.